The lowest BCUT2D eigenvalue weighted by Crippen LogP contribution is -2.21. The molecule has 2 aromatic heterocycles. The van der Waals surface area contributed by atoms with Gasteiger partial charge in [0.2, 0.25) is 0 Å². The van der Waals surface area contributed by atoms with Crippen molar-refractivity contribution >= 4 is 5.88 Å². The number of rotatable bonds is 5. The number of aromatic nitrogens is 2. The number of nitro groups is 1. The van der Waals surface area contributed by atoms with Crippen LogP contribution in [-0.2, 0) is 6.42 Å². The SMILES string of the molecule is CCC(N)Cc1noc(-c2ccc([N+](=O)[O-])o2)n1. The molecule has 0 saturated heterocycles. The summed E-state index contributed by atoms with van der Waals surface area (Å²) < 4.78 is 9.91. The lowest BCUT2D eigenvalue weighted by molar-refractivity contribution is -0.401. The molecule has 18 heavy (non-hydrogen) atoms. The molecule has 0 saturated carbocycles. The Kier molecular flexibility index (Phi) is 3.38. The van der Waals surface area contributed by atoms with Gasteiger partial charge in [-0.05, 0) is 12.5 Å². The fourth-order valence-electron chi connectivity index (χ4n) is 1.36. The standard InChI is InChI=1S/C10H12N4O4/c1-2-6(11)5-8-12-10(18-13-8)7-3-4-9(17-7)14(15)16/h3-4,6H,2,5,11H2,1H3. The largest absolute Gasteiger partial charge is 0.433 e. The Bertz CT molecular complexity index is 548. The van der Waals surface area contributed by atoms with Crippen LogP contribution in [0.1, 0.15) is 19.2 Å². The summed E-state index contributed by atoms with van der Waals surface area (Å²) in [6.45, 7) is 1.96. The topological polar surface area (TPSA) is 121 Å². The predicted octanol–water partition coefficient (Wildman–Crippen LogP) is 1.52. The lowest BCUT2D eigenvalue weighted by atomic mass is 10.2. The summed E-state index contributed by atoms with van der Waals surface area (Å²) in [6.07, 6.45) is 1.29. The van der Waals surface area contributed by atoms with Crippen molar-refractivity contribution in [3.05, 3.63) is 28.1 Å². The highest BCUT2D eigenvalue weighted by molar-refractivity contribution is 5.46. The van der Waals surface area contributed by atoms with E-state index in [1.165, 1.54) is 12.1 Å². The van der Waals surface area contributed by atoms with Gasteiger partial charge in [0.25, 0.3) is 5.89 Å². The van der Waals surface area contributed by atoms with Crippen molar-refractivity contribution in [2.45, 2.75) is 25.8 Å². The molecule has 1 unspecified atom stereocenters. The van der Waals surface area contributed by atoms with Gasteiger partial charge in [-0.15, -0.1) is 0 Å². The maximum atomic E-state index is 10.5. The summed E-state index contributed by atoms with van der Waals surface area (Å²) in [5.74, 6) is 0.375. The van der Waals surface area contributed by atoms with Crippen molar-refractivity contribution in [2.24, 2.45) is 5.73 Å². The van der Waals surface area contributed by atoms with Gasteiger partial charge in [0.05, 0.1) is 6.07 Å². The van der Waals surface area contributed by atoms with E-state index in [-0.39, 0.29) is 23.6 Å². The van der Waals surface area contributed by atoms with Crippen LogP contribution in [0.2, 0.25) is 0 Å². The first-order chi connectivity index (χ1) is 8.60. The lowest BCUT2D eigenvalue weighted by Gasteiger charge is -2.02. The Hall–Kier alpha value is -2.22. The predicted molar refractivity (Wildman–Crippen MR) is 60.6 cm³/mol. The zero-order valence-corrected chi connectivity index (χ0v) is 9.70. The van der Waals surface area contributed by atoms with E-state index in [0.29, 0.717) is 12.2 Å². The first-order valence-electron chi connectivity index (χ1n) is 5.43. The molecule has 2 heterocycles. The molecule has 0 spiro atoms. The molecule has 2 N–H and O–H groups in total. The number of nitrogens with two attached hydrogens (primary N) is 1. The molecule has 0 amide bonds. The zero-order valence-electron chi connectivity index (χ0n) is 9.70. The third-order valence-corrected chi connectivity index (χ3v) is 2.42. The van der Waals surface area contributed by atoms with Crippen LogP contribution >= 0.6 is 0 Å². The minimum absolute atomic E-state index is 0.0404. The van der Waals surface area contributed by atoms with Crippen LogP contribution in [0.3, 0.4) is 0 Å². The summed E-state index contributed by atoms with van der Waals surface area (Å²) in [5, 5.41) is 14.2. The smallest absolute Gasteiger partial charge is 0.395 e. The average Bonchev–Trinajstić information content (AvgIpc) is 2.96. The number of hydrogen-bond acceptors (Lipinski definition) is 7. The van der Waals surface area contributed by atoms with Gasteiger partial charge in [0, 0.05) is 12.5 Å². The van der Waals surface area contributed by atoms with Crippen LogP contribution in [0.25, 0.3) is 11.7 Å². The van der Waals surface area contributed by atoms with Gasteiger partial charge in [0.1, 0.15) is 4.92 Å². The maximum Gasteiger partial charge on any atom is 0.433 e. The van der Waals surface area contributed by atoms with Crippen molar-refractivity contribution in [3.8, 4) is 11.7 Å². The molecule has 0 bridgehead atoms. The fraction of sp³-hybridized carbons (Fsp3) is 0.400. The van der Waals surface area contributed by atoms with E-state index in [0.717, 1.165) is 6.42 Å². The second-order valence-electron chi connectivity index (χ2n) is 3.78. The van der Waals surface area contributed by atoms with Gasteiger partial charge in [-0.3, -0.25) is 10.1 Å². The highest BCUT2D eigenvalue weighted by Crippen LogP contribution is 2.24. The van der Waals surface area contributed by atoms with Gasteiger partial charge in [-0.1, -0.05) is 12.1 Å². The highest BCUT2D eigenvalue weighted by atomic mass is 16.6. The Labute approximate surface area is 102 Å². The van der Waals surface area contributed by atoms with Crippen LogP contribution in [0, 0.1) is 10.1 Å². The molecule has 0 aliphatic heterocycles. The van der Waals surface area contributed by atoms with E-state index in [2.05, 4.69) is 10.1 Å². The van der Waals surface area contributed by atoms with Crippen LogP contribution in [0.15, 0.2) is 21.1 Å². The normalized spacial score (nSPS) is 12.6. The first kappa shape index (κ1) is 12.2. The third kappa shape index (κ3) is 2.54. The Balaban J connectivity index is 2.16. The molecule has 0 radical (unpaired) electrons. The minimum Gasteiger partial charge on any atom is -0.395 e. The first-order valence-corrected chi connectivity index (χ1v) is 5.43. The van der Waals surface area contributed by atoms with Crippen molar-refractivity contribution in [2.75, 3.05) is 0 Å². The van der Waals surface area contributed by atoms with Gasteiger partial charge >= 0.3 is 5.88 Å². The molecule has 2 rings (SSSR count). The molecule has 0 aromatic carbocycles. The van der Waals surface area contributed by atoms with E-state index in [9.17, 15) is 10.1 Å². The summed E-state index contributed by atoms with van der Waals surface area (Å²) in [4.78, 5) is 13.9. The Morgan fingerprint density at radius 1 is 1.56 bits per heavy atom. The van der Waals surface area contributed by atoms with E-state index < -0.39 is 4.92 Å². The second-order valence-corrected chi connectivity index (χ2v) is 3.78. The molecule has 1 atom stereocenters. The average molecular weight is 252 g/mol. The summed E-state index contributed by atoms with van der Waals surface area (Å²) in [5.41, 5.74) is 5.76. The van der Waals surface area contributed by atoms with Gasteiger partial charge in [0.15, 0.2) is 11.6 Å². The minimum atomic E-state index is -0.631. The number of hydrogen-bond donors (Lipinski definition) is 1. The third-order valence-electron chi connectivity index (χ3n) is 2.42. The second kappa shape index (κ2) is 4.96. The molecule has 2 aromatic rings. The molecule has 0 fully saturated rings. The number of furan rings is 1. The molecule has 0 aliphatic carbocycles. The summed E-state index contributed by atoms with van der Waals surface area (Å²) in [6, 6.07) is 2.60. The summed E-state index contributed by atoms with van der Waals surface area (Å²) >= 11 is 0. The van der Waals surface area contributed by atoms with Crippen LogP contribution in [0.4, 0.5) is 5.88 Å². The fourth-order valence-corrected chi connectivity index (χ4v) is 1.36. The van der Waals surface area contributed by atoms with Crippen LogP contribution < -0.4 is 5.73 Å². The van der Waals surface area contributed by atoms with Gasteiger partial charge in [-0.25, -0.2) is 0 Å². The molecule has 8 heteroatoms. The quantitative estimate of drug-likeness (QED) is 0.632. The van der Waals surface area contributed by atoms with Crippen LogP contribution in [-0.4, -0.2) is 21.1 Å². The summed E-state index contributed by atoms with van der Waals surface area (Å²) in [7, 11) is 0. The molecular formula is C10H12N4O4. The van der Waals surface area contributed by atoms with E-state index in [4.69, 9.17) is 14.7 Å². The molecule has 96 valence electrons. The van der Waals surface area contributed by atoms with Crippen molar-refractivity contribution in [1.29, 1.82) is 0 Å². The Morgan fingerprint density at radius 3 is 2.94 bits per heavy atom. The van der Waals surface area contributed by atoms with E-state index in [1.54, 1.807) is 0 Å². The number of nitrogens with zero attached hydrogens (tertiary/aromatic N) is 3. The monoisotopic (exact) mass is 252 g/mol. The van der Waals surface area contributed by atoms with Gasteiger partial charge in [-0.2, -0.15) is 4.98 Å². The van der Waals surface area contributed by atoms with E-state index >= 15 is 0 Å². The molecular weight excluding hydrogens is 240 g/mol. The highest BCUT2D eigenvalue weighted by Gasteiger charge is 2.18. The van der Waals surface area contributed by atoms with Gasteiger partial charge < -0.3 is 14.7 Å². The Morgan fingerprint density at radius 2 is 2.33 bits per heavy atom. The van der Waals surface area contributed by atoms with Crippen LogP contribution in [0.5, 0.6) is 0 Å². The zero-order chi connectivity index (χ0) is 13.1. The van der Waals surface area contributed by atoms with Crippen molar-refractivity contribution < 1.29 is 13.9 Å². The van der Waals surface area contributed by atoms with Crippen molar-refractivity contribution in [3.63, 3.8) is 0 Å². The molecule has 0 aliphatic rings. The van der Waals surface area contributed by atoms with E-state index in [1.807, 2.05) is 6.92 Å². The maximum absolute atomic E-state index is 10.5. The molecule has 8 nitrogen and oxygen atoms in total. The van der Waals surface area contributed by atoms with Crippen molar-refractivity contribution in [1.82, 2.24) is 10.1 Å².